The zero-order valence-electron chi connectivity index (χ0n) is 19.4. The Bertz CT molecular complexity index is 924. The summed E-state index contributed by atoms with van der Waals surface area (Å²) in [5.74, 6) is 3.50. The zero-order chi connectivity index (χ0) is 22.0. The molecular weight excluding hydrogens is 384 g/mol. The van der Waals surface area contributed by atoms with E-state index in [0.717, 1.165) is 30.6 Å². The highest BCUT2D eigenvalue weighted by Crippen LogP contribution is 2.71. The second-order valence-electron chi connectivity index (χ2n) is 11.2. The second-order valence-corrected chi connectivity index (χ2v) is 11.2. The second kappa shape index (κ2) is 7.33. The Kier molecular flexibility index (Phi) is 4.97. The fourth-order valence-electron chi connectivity index (χ4n) is 7.49. The van der Waals surface area contributed by atoms with Crippen LogP contribution in [0.25, 0.3) is 0 Å². The van der Waals surface area contributed by atoms with Gasteiger partial charge in [-0.1, -0.05) is 51.1 Å². The molecule has 1 aromatic rings. The van der Waals surface area contributed by atoms with E-state index >= 15 is 0 Å². The van der Waals surface area contributed by atoms with Gasteiger partial charge in [0.1, 0.15) is 11.5 Å². The molecule has 3 nitrogen and oxygen atoms in total. The van der Waals surface area contributed by atoms with Crippen molar-refractivity contribution in [1.29, 1.82) is 0 Å². The number of Topliss-reactive ketones (excluding diaryl/α,β-unsaturated/α-hetero) is 1. The SMILES string of the molecule is C=C1C[C@H]2C=C(COCc3ccc(OC)cc3)C[C@@H]3C(=O)[C@]2(C1)[C@H](C)C[C@@H]1[C@H]3C1(C)C. The normalized spacial score (nSPS) is 37.9. The Morgan fingerprint density at radius 2 is 1.87 bits per heavy atom. The molecule has 0 unspecified atom stereocenters. The van der Waals surface area contributed by atoms with Crippen LogP contribution in [0.15, 0.2) is 48.1 Å². The third kappa shape index (κ3) is 3.23. The highest BCUT2D eigenvalue weighted by atomic mass is 16.5. The van der Waals surface area contributed by atoms with E-state index in [9.17, 15) is 4.79 Å². The first kappa shape index (κ1) is 21.0. The fourth-order valence-corrected chi connectivity index (χ4v) is 7.49. The summed E-state index contributed by atoms with van der Waals surface area (Å²) in [6.45, 7) is 12.6. The van der Waals surface area contributed by atoms with E-state index in [4.69, 9.17) is 9.47 Å². The van der Waals surface area contributed by atoms with Crippen LogP contribution in [0.2, 0.25) is 0 Å². The molecule has 0 heterocycles. The lowest BCUT2D eigenvalue weighted by Gasteiger charge is -2.39. The van der Waals surface area contributed by atoms with Crippen molar-refractivity contribution in [3.63, 3.8) is 0 Å². The number of ketones is 1. The number of methoxy groups -OCH3 is 1. The van der Waals surface area contributed by atoms with E-state index in [-0.39, 0.29) is 11.3 Å². The van der Waals surface area contributed by atoms with Gasteiger partial charge in [-0.05, 0) is 78.0 Å². The smallest absolute Gasteiger partial charge is 0.143 e. The molecule has 4 aliphatic carbocycles. The van der Waals surface area contributed by atoms with Crippen molar-refractivity contribution in [2.75, 3.05) is 13.7 Å². The predicted octanol–water partition coefficient (Wildman–Crippen LogP) is 5.99. The van der Waals surface area contributed by atoms with Gasteiger partial charge in [-0.25, -0.2) is 0 Å². The summed E-state index contributed by atoms with van der Waals surface area (Å²) in [5.41, 5.74) is 3.80. The Hall–Kier alpha value is -1.87. The Labute approximate surface area is 186 Å². The standard InChI is InChI=1S/C28H36O3/c1-17-10-21-12-20(16-31-15-19-6-8-22(30-5)9-7-19)13-23-25-24(27(25,3)4)11-18(2)28(21,14-17)26(23)29/h6-9,12,18,21,23-25H,1,10-11,13-16H2,2-5H3/t18-,21+,23+,24-,25+,28-/m1/s1. The molecule has 3 fully saturated rings. The lowest BCUT2D eigenvalue weighted by molar-refractivity contribution is -0.137. The third-order valence-corrected chi connectivity index (χ3v) is 9.20. The summed E-state index contributed by atoms with van der Waals surface area (Å²) < 4.78 is 11.4. The van der Waals surface area contributed by atoms with Gasteiger partial charge in [-0.2, -0.15) is 0 Å². The molecule has 0 aromatic heterocycles. The molecule has 4 aliphatic rings. The Morgan fingerprint density at radius 1 is 1.13 bits per heavy atom. The van der Waals surface area contributed by atoms with Crippen molar-refractivity contribution in [2.24, 2.45) is 40.4 Å². The highest BCUT2D eigenvalue weighted by Gasteiger charge is 2.69. The maximum absolute atomic E-state index is 14.1. The van der Waals surface area contributed by atoms with Crippen LogP contribution < -0.4 is 4.74 Å². The number of rotatable bonds is 5. The van der Waals surface area contributed by atoms with Gasteiger partial charge in [0.05, 0.1) is 20.3 Å². The number of hydrogen-bond acceptors (Lipinski definition) is 3. The Balaban J connectivity index is 1.39. The van der Waals surface area contributed by atoms with Gasteiger partial charge >= 0.3 is 0 Å². The molecule has 0 aliphatic heterocycles. The molecule has 2 bridgehead atoms. The zero-order valence-corrected chi connectivity index (χ0v) is 19.4. The van der Waals surface area contributed by atoms with Crippen LogP contribution in [0.1, 0.15) is 52.0 Å². The van der Waals surface area contributed by atoms with Crippen molar-refractivity contribution in [3.8, 4) is 5.75 Å². The lowest BCUT2D eigenvalue weighted by atomic mass is 9.63. The molecule has 1 spiro atoms. The largest absolute Gasteiger partial charge is 0.497 e. The van der Waals surface area contributed by atoms with E-state index in [1.54, 1.807) is 7.11 Å². The van der Waals surface area contributed by atoms with Crippen molar-refractivity contribution in [1.82, 2.24) is 0 Å². The first-order chi connectivity index (χ1) is 14.8. The predicted molar refractivity (Wildman–Crippen MR) is 123 cm³/mol. The molecule has 31 heavy (non-hydrogen) atoms. The number of hydrogen-bond donors (Lipinski definition) is 0. The minimum absolute atomic E-state index is 0.150. The lowest BCUT2D eigenvalue weighted by Crippen LogP contribution is -2.43. The van der Waals surface area contributed by atoms with E-state index < -0.39 is 0 Å². The van der Waals surface area contributed by atoms with Crippen molar-refractivity contribution in [3.05, 3.63) is 53.6 Å². The Morgan fingerprint density at radius 3 is 2.58 bits per heavy atom. The van der Waals surface area contributed by atoms with Crippen LogP contribution in [-0.4, -0.2) is 19.5 Å². The fraction of sp³-hybridized carbons (Fsp3) is 0.607. The van der Waals surface area contributed by atoms with Crippen LogP contribution in [0.3, 0.4) is 0 Å². The van der Waals surface area contributed by atoms with E-state index in [0.29, 0.717) is 48.1 Å². The number of fused-ring (bicyclic) bond motifs is 3. The van der Waals surface area contributed by atoms with Crippen LogP contribution >= 0.6 is 0 Å². The van der Waals surface area contributed by atoms with Gasteiger partial charge < -0.3 is 9.47 Å². The van der Waals surface area contributed by atoms with Crippen molar-refractivity contribution < 1.29 is 14.3 Å². The third-order valence-electron chi connectivity index (χ3n) is 9.20. The molecule has 1 aromatic carbocycles. The molecule has 5 rings (SSSR count). The number of ether oxygens (including phenoxy) is 2. The summed E-state index contributed by atoms with van der Waals surface area (Å²) in [7, 11) is 1.68. The minimum atomic E-state index is -0.219. The van der Waals surface area contributed by atoms with Gasteiger partial charge in [0.25, 0.3) is 0 Å². The van der Waals surface area contributed by atoms with Crippen molar-refractivity contribution in [2.45, 2.75) is 53.1 Å². The maximum atomic E-state index is 14.1. The maximum Gasteiger partial charge on any atom is 0.143 e. The summed E-state index contributed by atoms with van der Waals surface area (Å²) in [6.07, 6.45) is 6.36. The highest BCUT2D eigenvalue weighted by molar-refractivity contribution is 5.91. The number of carbonyl (C=O) groups excluding carboxylic acids is 1. The number of allylic oxidation sites excluding steroid dienone is 2. The molecule has 0 amide bonds. The van der Waals surface area contributed by atoms with Gasteiger partial charge in [-0.15, -0.1) is 0 Å². The quantitative estimate of drug-likeness (QED) is 0.549. The van der Waals surface area contributed by atoms with Crippen LogP contribution in [0.4, 0.5) is 0 Å². The van der Waals surface area contributed by atoms with Crippen LogP contribution in [0.5, 0.6) is 5.75 Å². The number of benzene rings is 1. The summed E-state index contributed by atoms with van der Waals surface area (Å²) in [4.78, 5) is 14.1. The van der Waals surface area contributed by atoms with Gasteiger partial charge in [0.15, 0.2) is 0 Å². The topological polar surface area (TPSA) is 35.5 Å². The minimum Gasteiger partial charge on any atom is -0.497 e. The summed E-state index contributed by atoms with van der Waals surface area (Å²) in [5, 5.41) is 0. The van der Waals surface area contributed by atoms with Crippen molar-refractivity contribution >= 4 is 5.78 Å². The monoisotopic (exact) mass is 420 g/mol. The average molecular weight is 421 g/mol. The van der Waals surface area contributed by atoms with E-state index in [2.05, 4.69) is 45.6 Å². The van der Waals surface area contributed by atoms with Gasteiger partial charge in [0.2, 0.25) is 0 Å². The number of carbonyl (C=O) groups is 1. The molecular formula is C28H36O3. The first-order valence-corrected chi connectivity index (χ1v) is 11.9. The first-order valence-electron chi connectivity index (χ1n) is 11.9. The molecule has 3 heteroatoms. The molecule has 0 N–H and O–H groups in total. The van der Waals surface area contributed by atoms with Crippen LogP contribution in [-0.2, 0) is 16.1 Å². The van der Waals surface area contributed by atoms with Crippen LogP contribution in [0, 0.1) is 40.4 Å². The molecule has 166 valence electrons. The summed E-state index contributed by atoms with van der Waals surface area (Å²) >= 11 is 0. The average Bonchev–Trinajstić information content (AvgIpc) is 3.16. The van der Waals surface area contributed by atoms with E-state index in [1.807, 2.05) is 12.1 Å². The molecule has 6 atom stereocenters. The van der Waals surface area contributed by atoms with E-state index in [1.165, 1.54) is 17.6 Å². The van der Waals surface area contributed by atoms with Gasteiger partial charge in [0, 0.05) is 11.3 Å². The molecule has 0 saturated heterocycles. The summed E-state index contributed by atoms with van der Waals surface area (Å²) in [6, 6.07) is 8.05. The van der Waals surface area contributed by atoms with Gasteiger partial charge in [-0.3, -0.25) is 4.79 Å². The molecule has 0 radical (unpaired) electrons. The molecule has 3 saturated carbocycles.